The van der Waals surface area contributed by atoms with Gasteiger partial charge >= 0.3 is 0 Å². The predicted molar refractivity (Wildman–Crippen MR) is 123 cm³/mol. The number of nitrogens with zero attached hydrogens (tertiary/aromatic N) is 2. The molecule has 5 nitrogen and oxygen atoms in total. The van der Waals surface area contributed by atoms with E-state index >= 15 is 0 Å². The molecule has 0 radical (unpaired) electrons. The highest BCUT2D eigenvalue weighted by Crippen LogP contribution is 2.34. The van der Waals surface area contributed by atoms with Crippen LogP contribution in [0.15, 0.2) is 73.2 Å². The van der Waals surface area contributed by atoms with Crippen LogP contribution in [0.5, 0.6) is 5.75 Å². The summed E-state index contributed by atoms with van der Waals surface area (Å²) in [6.07, 6.45) is 8.60. The topological polar surface area (TPSA) is 50.3 Å². The zero-order chi connectivity index (χ0) is 21.2. The Morgan fingerprint density at radius 1 is 1.06 bits per heavy atom. The van der Waals surface area contributed by atoms with Gasteiger partial charge in [-0.25, -0.2) is 0 Å². The lowest BCUT2D eigenvalue weighted by Gasteiger charge is -2.32. The minimum Gasteiger partial charge on any atom is -0.497 e. The molecule has 0 bridgehead atoms. The molecule has 1 saturated heterocycles. The second-order valence-electron chi connectivity index (χ2n) is 8.24. The third kappa shape index (κ3) is 3.96. The molecule has 1 aliphatic heterocycles. The number of amides is 1. The van der Waals surface area contributed by atoms with Gasteiger partial charge in [-0.05, 0) is 72.4 Å². The maximum Gasteiger partial charge on any atom is 0.226 e. The van der Waals surface area contributed by atoms with E-state index < -0.39 is 0 Å². The van der Waals surface area contributed by atoms with Crippen LogP contribution in [0.2, 0.25) is 0 Å². The predicted octanol–water partition coefficient (Wildman–Crippen LogP) is 4.92. The van der Waals surface area contributed by atoms with Crippen LogP contribution in [0.25, 0.3) is 16.6 Å². The quantitative estimate of drug-likeness (QED) is 0.505. The van der Waals surface area contributed by atoms with Crippen molar-refractivity contribution >= 4 is 16.8 Å². The van der Waals surface area contributed by atoms with E-state index in [1.165, 1.54) is 10.9 Å². The van der Waals surface area contributed by atoms with Crippen molar-refractivity contribution in [1.82, 2.24) is 14.5 Å². The number of rotatable bonds is 5. The highest BCUT2D eigenvalue weighted by molar-refractivity contribution is 5.85. The molecule has 2 aromatic heterocycles. The fourth-order valence-corrected chi connectivity index (χ4v) is 4.60. The van der Waals surface area contributed by atoms with Crippen molar-refractivity contribution in [3.63, 3.8) is 0 Å². The van der Waals surface area contributed by atoms with Crippen LogP contribution >= 0.6 is 0 Å². The monoisotopic (exact) mass is 413 g/mol. The van der Waals surface area contributed by atoms with Gasteiger partial charge in [-0.1, -0.05) is 12.1 Å². The van der Waals surface area contributed by atoms with E-state index in [9.17, 15) is 4.79 Å². The van der Waals surface area contributed by atoms with Crippen molar-refractivity contribution in [3.8, 4) is 11.4 Å². The lowest BCUT2D eigenvalue weighted by molar-refractivity contribution is -0.131. The second kappa shape index (κ2) is 8.34. The van der Waals surface area contributed by atoms with E-state index in [2.05, 4.69) is 52.1 Å². The van der Waals surface area contributed by atoms with Crippen molar-refractivity contribution in [3.05, 3.63) is 84.3 Å². The number of aromatic amines is 1. The molecule has 5 heteroatoms. The average Bonchev–Trinajstić information content (AvgIpc) is 3.49. The zero-order valence-electron chi connectivity index (χ0n) is 17.8. The first-order valence-electron chi connectivity index (χ1n) is 10.9. The van der Waals surface area contributed by atoms with Gasteiger partial charge in [-0.2, -0.15) is 0 Å². The Balaban J connectivity index is 1.21. The van der Waals surface area contributed by atoms with Crippen LogP contribution in [0.4, 0.5) is 0 Å². The summed E-state index contributed by atoms with van der Waals surface area (Å²) in [6.45, 7) is 1.61. The van der Waals surface area contributed by atoms with Crippen molar-refractivity contribution in [2.24, 2.45) is 0 Å². The molecule has 4 aromatic rings. The lowest BCUT2D eigenvalue weighted by Crippen LogP contribution is -2.38. The number of benzene rings is 2. The number of hydrogen-bond acceptors (Lipinski definition) is 2. The smallest absolute Gasteiger partial charge is 0.226 e. The maximum atomic E-state index is 12.9. The Bertz CT molecular complexity index is 1170. The molecule has 0 unspecified atom stereocenters. The highest BCUT2D eigenvalue weighted by Gasteiger charge is 2.25. The zero-order valence-corrected chi connectivity index (χ0v) is 17.8. The van der Waals surface area contributed by atoms with Crippen molar-refractivity contribution in [2.75, 3.05) is 20.2 Å². The number of carbonyl (C=O) groups excluding carboxylic acids is 1. The molecule has 1 fully saturated rings. The van der Waals surface area contributed by atoms with E-state index in [1.807, 2.05) is 35.5 Å². The highest BCUT2D eigenvalue weighted by atomic mass is 16.5. The van der Waals surface area contributed by atoms with Gasteiger partial charge in [-0.15, -0.1) is 0 Å². The molecule has 0 atom stereocenters. The van der Waals surface area contributed by atoms with Gasteiger partial charge in [0.15, 0.2) is 0 Å². The number of nitrogens with one attached hydrogen (secondary N) is 1. The molecule has 2 aromatic carbocycles. The van der Waals surface area contributed by atoms with Gasteiger partial charge in [0.2, 0.25) is 5.91 Å². The normalized spacial score (nSPS) is 14.8. The summed E-state index contributed by atoms with van der Waals surface area (Å²) in [6, 6.07) is 18.4. The number of ether oxygens (including phenoxy) is 1. The molecule has 158 valence electrons. The molecular formula is C26H27N3O2. The molecule has 0 aliphatic carbocycles. The Labute approximate surface area is 182 Å². The third-order valence-corrected chi connectivity index (χ3v) is 6.40. The van der Waals surface area contributed by atoms with E-state index in [0.29, 0.717) is 12.3 Å². The van der Waals surface area contributed by atoms with Crippen LogP contribution < -0.4 is 4.74 Å². The lowest BCUT2D eigenvalue weighted by atomic mass is 9.89. The fourth-order valence-electron chi connectivity index (χ4n) is 4.60. The Morgan fingerprint density at radius 3 is 2.52 bits per heavy atom. The minimum atomic E-state index is 0.216. The van der Waals surface area contributed by atoms with Gasteiger partial charge in [0.05, 0.1) is 13.5 Å². The summed E-state index contributed by atoms with van der Waals surface area (Å²) in [7, 11) is 1.70. The Hall–Kier alpha value is -3.47. The van der Waals surface area contributed by atoms with Crippen LogP contribution in [0.3, 0.4) is 0 Å². The number of methoxy groups -OCH3 is 1. The summed E-state index contributed by atoms with van der Waals surface area (Å²) in [4.78, 5) is 18.3. The van der Waals surface area contributed by atoms with Gasteiger partial charge in [-0.3, -0.25) is 4.79 Å². The Kier molecular flexibility index (Phi) is 5.24. The fraction of sp³-hybridized carbons (Fsp3) is 0.269. The first-order chi connectivity index (χ1) is 15.2. The molecule has 0 spiro atoms. The van der Waals surface area contributed by atoms with Crippen molar-refractivity contribution in [1.29, 1.82) is 0 Å². The third-order valence-electron chi connectivity index (χ3n) is 6.40. The molecule has 1 amide bonds. The number of carbonyl (C=O) groups is 1. The maximum absolute atomic E-state index is 12.9. The number of aromatic nitrogens is 2. The van der Waals surface area contributed by atoms with Gasteiger partial charge in [0.1, 0.15) is 5.75 Å². The number of fused-ring (bicyclic) bond motifs is 1. The van der Waals surface area contributed by atoms with E-state index in [-0.39, 0.29) is 5.91 Å². The number of H-pyrrole nitrogens is 1. The van der Waals surface area contributed by atoms with Gasteiger partial charge in [0, 0.05) is 48.3 Å². The molecule has 1 aliphatic rings. The number of piperidine rings is 1. The van der Waals surface area contributed by atoms with Crippen molar-refractivity contribution < 1.29 is 9.53 Å². The first kappa shape index (κ1) is 19.5. The summed E-state index contributed by atoms with van der Waals surface area (Å²) in [5.74, 6) is 1.56. The number of likely N-dealkylation sites (tertiary alicyclic amines) is 1. The minimum absolute atomic E-state index is 0.216. The molecular weight excluding hydrogens is 386 g/mol. The van der Waals surface area contributed by atoms with E-state index in [0.717, 1.165) is 48.4 Å². The molecule has 0 saturated carbocycles. The SMILES string of the molecule is COc1ccc2[nH]cc(C3CCN(C(=O)Cc4ccc(-n5cccc5)cc4)CC3)c2c1. The van der Waals surface area contributed by atoms with Crippen LogP contribution in [0, 0.1) is 0 Å². The first-order valence-corrected chi connectivity index (χ1v) is 10.9. The summed E-state index contributed by atoms with van der Waals surface area (Å²) < 4.78 is 7.47. The average molecular weight is 414 g/mol. The second-order valence-corrected chi connectivity index (χ2v) is 8.24. The van der Waals surface area contributed by atoms with Crippen molar-refractivity contribution in [2.45, 2.75) is 25.2 Å². The molecule has 3 heterocycles. The van der Waals surface area contributed by atoms with E-state index in [1.54, 1.807) is 7.11 Å². The molecule has 5 rings (SSSR count). The molecule has 31 heavy (non-hydrogen) atoms. The van der Waals surface area contributed by atoms with Crippen LogP contribution in [-0.4, -0.2) is 40.6 Å². The van der Waals surface area contributed by atoms with Gasteiger partial charge < -0.3 is 19.2 Å². The Morgan fingerprint density at radius 2 is 1.81 bits per heavy atom. The number of hydrogen-bond donors (Lipinski definition) is 1. The van der Waals surface area contributed by atoms with Crippen LogP contribution in [-0.2, 0) is 11.2 Å². The largest absolute Gasteiger partial charge is 0.497 e. The van der Waals surface area contributed by atoms with Gasteiger partial charge in [0.25, 0.3) is 0 Å². The summed E-state index contributed by atoms with van der Waals surface area (Å²) >= 11 is 0. The van der Waals surface area contributed by atoms with Crippen LogP contribution in [0.1, 0.15) is 29.9 Å². The summed E-state index contributed by atoms with van der Waals surface area (Å²) in [5, 5.41) is 1.23. The molecule has 1 N–H and O–H groups in total. The standard InChI is InChI=1S/C26H27N3O2/c1-31-22-8-9-25-23(17-22)24(18-27-25)20-10-14-29(15-11-20)26(30)16-19-4-6-21(7-5-19)28-12-2-3-13-28/h2-9,12-13,17-18,20,27H,10-11,14-16H2,1H3. The summed E-state index contributed by atoms with van der Waals surface area (Å²) in [5.41, 5.74) is 4.64. The van der Waals surface area contributed by atoms with E-state index in [4.69, 9.17) is 4.74 Å².